The van der Waals surface area contributed by atoms with E-state index in [-0.39, 0.29) is 5.92 Å². The number of allylic oxidation sites excluding steroid dienone is 4. The molecule has 4 nitrogen and oxygen atoms in total. The molecule has 4 heteroatoms. The standard InChI is InChI=1S/C15H19N3O/c1-5-11(3)14(17-4)13(9-12(6-2)10-16)15-18-7-8-19-15/h6-9,11H,5H2,1-4H3/b12-6?,13-9+,17-14?. The quantitative estimate of drug-likeness (QED) is 0.459. The molecule has 0 aliphatic rings. The molecule has 0 radical (unpaired) electrons. The van der Waals surface area contributed by atoms with Crippen LogP contribution in [0.4, 0.5) is 0 Å². The van der Waals surface area contributed by atoms with E-state index in [1.807, 2.05) is 6.92 Å². The van der Waals surface area contributed by atoms with Crippen molar-refractivity contribution in [1.82, 2.24) is 4.98 Å². The first-order valence-electron chi connectivity index (χ1n) is 6.32. The summed E-state index contributed by atoms with van der Waals surface area (Å²) < 4.78 is 5.37. The van der Waals surface area contributed by atoms with E-state index in [9.17, 15) is 0 Å². The molecule has 0 N–H and O–H groups in total. The van der Waals surface area contributed by atoms with Crippen molar-refractivity contribution < 1.29 is 4.42 Å². The molecule has 1 heterocycles. The highest BCUT2D eigenvalue weighted by Gasteiger charge is 2.18. The molecule has 0 aliphatic carbocycles. The van der Waals surface area contributed by atoms with Crippen molar-refractivity contribution in [1.29, 1.82) is 5.26 Å². The summed E-state index contributed by atoms with van der Waals surface area (Å²) in [5.41, 5.74) is 2.24. The lowest BCUT2D eigenvalue weighted by molar-refractivity contribution is 0.543. The predicted octanol–water partition coefficient (Wildman–Crippen LogP) is 3.64. The molecule has 0 spiro atoms. The van der Waals surface area contributed by atoms with Gasteiger partial charge < -0.3 is 4.42 Å². The fourth-order valence-corrected chi connectivity index (χ4v) is 1.74. The van der Waals surface area contributed by atoms with Crippen LogP contribution in [0.25, 0.3) is 5.57 Å². The van der Waals surface area contributed by atoms with E-state index in [1.54, 1.807) is 25.4 Å². The molecule has 1 aromatic rings. The summed E-state index contributed by atoms with van der Waals surface area (Å²) >= 11 is 0. The van der Waals surface area contributed by atoms with Gasteiger partial charge >= 0.3 is 0 Å². The van der Waals surface area contributed by atoms with E-state index < -0.39 is 0 Å². The number of hydrogen-bond acceptors (Lipinski definition) is 4. The van der Waals surface area contributed by atoms with Crippen LogP contribution in [0, 0.1) is 17.2 Å². The number of nitrogens with zero attached hydrogens (tertiary/aromatic N) is 3. The van der Waals surface area contributed by atoms with Gasteiger partial charge in [-0.1, -0.05) is 19.9 Å². The number of nitriles is 1. The molecular formula is C15H19N3O. The van der Waals surface area contributed by atoms with Crippen LogP contribution in [0.2, 0.25) is 0 Å². The normalized spacial score (nSPS) is 15.2. The van der Waals surface area contributed by atoms with Crippen molar-refractivity contribution in [2.75, 3.05) is 7.05 Å². The molecule has 0 amide bonds. The van der Waals surface area contributed by atoms with Crippen molar-refractivity contribution in [2.24, 2.45) is 10.9 Å². The zero-order valence-electron chi connectivity index (χ0n) is 11.8. The Morgan fingerprint density at radius 1 is 1.63 bits per heavy atom. The Labute approximate surface area is 114 Å². The van der Waals surface area contributed by atoms with Gasteiger partial charge in [0, 0.05) is 18.3 Å². The van der Waals surface area contributed by atoms with Crippen LogP contribution in [-0.4, -0.2) is 17.7 Å². The summed E-state index contributed by atoms with van der Waals surface area (Å²) in [4.78, 5) is 8.52. The number of aliphatic imine (C=N–C) groups is 1. The van der Waals surface area contributed by atoms with Gasteiger partial charge in [-0.15, -0.1) is 0 Å². The molecule has 0 aromatic carbocycles. The van der Waals surface area contributed by atoms with E-state index in [1.165, 1.54) is 6.26 Å². The molecule has 1 rings (SSSR count). The van der Waals surface area contributed by atoms with Crippen molar-refractivity contribution in [2.45, 2.75) is 27.2 Å². The van der Waals surface area contributed by atoms with Crippen LogP contribution in [0.3, 0.4) is 0 Å². The third-order valence-corrected chi connectivity index (χ3v) is 3.00. The maximum absolute atomic E-state index is 9.07. The Balaban J connectivity index is 3.33. The van der Waals surface area contributed by atoms with Crippen LogP contribution in [0.1, 0.15) is 33.1 Å². The summed E-state index contributed by atoms with van der Waals surface area (Å²) in [7, 11) is 1.75. The first-order valence-corrected chi connectivity index (χ1v) is 6.32. The zero-order valence-corrected chi connectivity index (χ0v) is 11.8. The summed E-state index contributed by atoms with van der Waals surface area (Å²) in [6.07, 6.45) is 7.61. The lowest BCUT2D eigenvalue weighted by atomic mass is 9.94. The summed E-state index contributed by atoms with van der Waals surface area (Å²) in [6, 6.07) is 2.14. The topological polar surface area (TPSA) is 62.2 Å². The highest BCUT2D eigenvalue weighted by atomic mass is 16.3. The Bertz CT molecular complexity index is 530. The molecule has 19 heavy (non-hydrogen) atoms. The van der Waals surface area contributed by atoms with Gasteiger partial charge in [0.2, 0.25) is 5.89 Å². The number of aromatic nitrogens is 1. The lowest BCUT2D eigenvalue weighted by Crippen LogP contribution is -2.13. The molecule has 1 atom stereocenters. The molecule has 100 valence electrons. The van der Waals surface area contributed by atoms with Crippen molar-refractivity contribution in [3.63, 3.8) is 0 Å². The lowest BCUT2D eigenvalue weighted by Gasteiger charge is -2.13. The van der Waals surface area contributed by atoms with Crippen LogP contribution < -0.4 is 0 Å². The summed E-state index contributed by atoms with van der Waals surface area (Å²) in [5.74, 6) is 0.774. The smallest absolute Gasteiger partial charge is 0.227 e. The van der Waals surface area contributed by atoms with Gasteiger partial charge in [0.15, 0.2) is 0 Å². The zero-order chi connectivity index (χ0) is 14.3. The summed E-state index contributed by atoms with van der Waals surface area (Å²) in [5, 5.41) is 9.07. The largest absolute Gasteiger partial charge is 0.444 e. The molecule has 0 aliphatic heterocycles. The average Bonchev–Trinajstić information content (AvgIpc) is 2.96. The Morgan fingerprint density at radius 2 is 2.37 bits per heavy atom. The molecular weight excluding hydrogens is 238 g/mol. The first kappa shape index (κ1) is 14.9. The Kier molecular flexibility index (Phi) is 5.74. The Morgan fingerprint density at radius 3 is 2.79 bits per heavy atom. The van der Waals surface area contributed by atoms with E-state index in [4.69, 9.17) is 9.68 Å². The number of oxazole rings is 1. The van der Waals surface area contributed by atoms with Crippen LogP contribution in [0.5, 0.6) is 0 Å². The van der Waals surface area contributed by atoms with Gasteiger partial charge in [-0.3, -0.25) is 4.99 Å². The Hall–Kier alpha value is -2.15. The molecule has 0 bridgehead atoms. The second kappa shape index (κ2) is 7.32. The third kappa shape index (κ3) is 3.65. The van der Waals surface area contributed by atoms with Gasteiger partial charge in [0.05, 0.1) is 17.8 Å². The minimum absolute atomic E-state index is 0.278. The van der Waals surface area contributed by atoms with Crippen molar-refractivity contribution >= 4 is 11.3 Å². The third-order valence-electron chi connectivity index (χ3n) is 3.00. The van der Waals surface area contributed by atoms with Gasteiger partial charge in [-0.2, -0.15) is 5.26 Å². The van der Waals surface area contributed by atoms with Crippen molar-refractivity contribution in [3.05, 3.63) is 36.1 Å². The van der Waals surface area contributed by atoms with Gasteiger partial charge in [0.1, 0.15) is 6.26 Å². The van der Waals surface area contributed by atoms with E-state index in [0.29, 0.717) is 11.5 Å². The SMILES string of the molecule is CC=C(C#N)/C=C(\C(=NC)C(C)CC)c1ncco1. The minimum atomic E-state index is 0.278. The molecule has 0 saturated heterocycles. The van der Waals surface area contributed by atoms with Gasteiger partial charge in [0.25, 0.3) is 0 Å². The fourth-order valence-electron chi connectivity index (χ4n) is 1.74. The maximum Gasteiger partial charge on any atom is 0.227 e. The van der Waals surface area contributed by atoms with E-state index >= 15 is 0 Å². The van der Waals surface area contributed by atoms with E-state index in [2.05, 4.69) is 29.9 Å². The molecule has 0 saturated carbocycles. The van der Waals surface area contributed by atoms with Crippen LogP contribution in [0.15, 0.2) is 39.6 Å². The highest BCUT2D eigenvalue weighted by molar-refractivity contribution is 6.24. The fraction of sp³-hybridized carbons (Fsp3) is 0.400. The second-order valence-electron chi connectivity index (χ2n) is 4.17. The van der Waals surface area contributed by atoms with Gasteiger partial charge in [-0.25, -0.2) is 4.98 Å². The van der Waals surface area contributed by atoms with Gasteiger partial charge in [-0.05, 0) is 25.3 Å². The monoisotopic (exact) mass is 257 g/mol. The molecule has 1 unspecified atom stereocenters. The maximum atomic E-state index is 9.07. The second-order valence-corrected chi connectivity index (χ2v) is 4.17. The summed E-state index contributed by atoms with van der Waals surface area (Å²) in [6.45, 7) is 6.03. The number of rotatable bonds is 5. The molecule has 0 fully saturated rings. The first-order chi connectivity index (χ1) is 9.17. The molecule has 1 aromatic heterocycles. The van der Waals surface area contributed by atoms with Crippen LogP contribution >= 0.6 is 0 Å². The van der Waals surface area contributed by atoms with Crippen LogP contribution in [-0.2, 0) is 0 Å². The average molecular weight is 257 g/mol. The van der Waals surface area contributed by atoms with Crippen molar-refractivity contribution in [3.8, 4) is 6.07 Å². The number of hydrogen-bond donors (Lipinski definition) is 0. The highest BCUT2D eigenvalue weighted by Crippen LogP contribution is 2.22. The minimum Gasteiger partial charge on any atom is -0.444 e. The van der Waals surface area contributed by atoms with E-state index in [0.717, 1.165) is 17.7 Å². The predicted molar refractivity (Wildman–Crippen MR) is 76.7 cm³/mol.